The van der Waals surface area contributed by atoms with Crippen molar-refractivity contribution in [3.63, 3.8) is 0 Å². The molecule has 1 N–H and O–H groups in total. The summed E-state index contributed by atoms with van der Waals surface area (Å²) in [6.07, 6.45) is 2.24. The molecule has 3 amide bonds. The Labute approximate surface area is 200 Å². The van der Waals surface area contributed by atoms with Gasteiger partial charge in [-0.2, -0.15) is 5.10 Å². The molecule has 0 unspecified atom stereocenters. The molecular weight excluding hydrogens is 447 g/mol. The van der Waals surface area contributed by atoms with Crippen molar-refractivity contribution in [1.82, 2.24) is 15.1 Å². The summed E-state index contributed by atoms with van der Waals surface area (Å²) in [5, 5.41) is 7.57. The van der Waals surface area contributed by atoms with Crippen LogP contribution in [-0.2, 0) is 16.1 Å². The number of rotatable bonds is 6. The van der Waals surface area contributed by atoms with E-state index in [9.17, 15) is 18.8 Å². The summed E-state index contributed by atoms with van der Waals surface area (Å²) >= 11 is 0. The number of hydrogen-bond acceptors (Lipinski definition) is 4. The number of carbonyl (C=O) groups is 3. The summed E-state index contributed by atoms with van der Waals surface area (Å²) in [6.45, 7) is 0.198. The Balaban J connectivity index is 1.36. The minimum atomic E-state index is -0.341. The number of para-hydroxylation sites is 1. The standard InChI is InChI=1S/C27H21FN4O3/c28-21-10-6-18(7-11-21)26-20(17-31(30-26)22-4-2-1-3-5-22)16-29-27(35)19-8-12-23(13-9-19)32-24(33)14-15-25(32)34/h1-13,17H,14-16H2,(H,29,35). The lowest BCUT2D eigenvalue weighted by atomic mass is 10.1. The molecule has 0 atom stereocenters. The van der Waals surface area contributed by atoms with Gasteiger partial charge in [0.2, 0.25) is 11.8 Å². The van der Waals surface area contributed by atoms with E-state index in [1.54, 1.807) is 41.1 Å². The number of benzene rings is 3. The van der Waals surface area contributed by atoms with Crippen molar-refractivity contribution in [2.45, 2.75) is 19.4 Å². The van der Waals surface area contributed by atoms with E-state index >= 15 is 0 Å². The van der Waals surface area contributed by atoms with E-state index in [4.69, 9.17) is 0 Å². The Kier molecular flexibility index (Phi) is 5.93. The van der Waals surface area contributed by atoms with E-state index in [2.05, 4.69) is 10.4 Å². The fourth-order valence-electron chi connectivity index (χ4n) is 4.01. The van der Waals surface area contributed by atoms with Crippen molar-refractivity contribution in [1.29, 1.82) is 0 Å². The summed E-state index contributed by atoms with van der Waals surface area (Å²) in [6, 6.07) is 21.9. The van der Waals surface area contributed by atoms with Gasteiger partial charge in [-0.3, -0.25) is 19.3 Å². The number of nitrogens with zero attached hydrogens (tertiary/aromatic N) is 3. The topological polar surface area (TPSA) is 84.3 Å². The SMILES string of the molecule is O=C(NCc1cn(-c2ccccc2)nc1-c1ccc(F)cc1)c1ccc(N2C(=O)CCC2=O)cc1. The number of nitrogens with one attached hydrogen (secondary N) is 1. The molecule has 1 fully saturated rings. The molecule has 5 rings (SSSR count). The largest absolute Gasteiger partial charge is 0.348 e. The van der Waals surface area contributed by atoms with E-state index < -0.39 is 0 Å². The first-order valence-electron chi connectivity index (χ1n) is 11.1. The maximum Gasteiger partial charge on any atom is 0.251 e. The average Bonchev–Trinajstić information content (AvgIpc) is 3.46. The lowest BCUT2D eigenvalue weighted by Gasteiger charge is -2.14. The normalized spacial score (nSPS) is 13.3. The lowest BCUT2D eigenvalue weighted by Crippen LogP contribution is -2.28. The Hall–Kier alpha value is -4.59. The average molecular weight is 468 g/mol. The van der Waals surface area contributed by atoms with Crippen molar-refractivity contribution in [3.8, 4) is 16.9 Å². The molecule has 2 heterocycles. The van der Waals surface area contributed by atoms with E-state index in [0.717, 1.165) is 21.7 Å². The molecule has 0 radical (unpaired) electrons. The van der Waals surface area contributed by atoms with Crippen molar-refractivity contribution in [2.24, 2.45) is 0 Å². The molecule has 1 aliphatic heterocycles. The number of anilines is 1. The number of aromatic nitrogens is 2. The fourth-order valence-corrected chi connectivity index (χ4v) is 4.01. The van der Waals surface area contributed by atoms with Gasteiger partial charge in [0.25, 0.3) is 5.91 Å². The Morgan fingerprint density at radius 3 is 2.17 bits per heavy atom. The Morgan fingerprint density at radius 1 is 0.857 bits per heavy atom. The molecule has 1 saturated heterocycles. The van der Waals surface area contributed by atoms with Crippen molar-refractivity contribution in [3.05, 3.63) is 102 Å². The maximum absolute atomic E-state index is 13.5. The molecular formula is C27H21FN4O3. The summed E-state index contributed by atoms with van der Waals surface area (Å²) in [5.74, 6) is -1.13. The summed E-state index contributed by atoms with van der Waals surface area (Å²) in [4.78, 5) is 37.8. The van der Waals surface area contributed by atoms with Gasteiger partial charge in [0.05, 0.1) is 17.1 Å². The van der Waals surface area contributed by atoms with Crippen LogP contribution in [0.5, 0.6) is 0 Å². The van der Waals surface area contributed by atoms with Gasteiger partial charge in [-0.25, -0.2) is 9.07 Å². The predicted molar refractivity (Wildman–Crippen MR) is 128 cm³/mol. The fraction of sp³-hybridized carbons (Fsp3) is 0.111. The van der Waals surface area contributed by atoms with Gasteiger partial charge in [-0.15, -0.1) is 0 Å². The number of amides is 3. The predicted octanol–water partition coefficient (Wildman–Crippen LogP) is 4.26. The highest BCUT2D eigenvalue weighted by Gasteiger charge is 2.30. The molecule has 0 spiro atoms. The highest BCUT2D eigenvalue weighted by atomic mass is 19.1. The van der Waals surface area contributed by atoms with Crippen LogP contribution in [0, 0.1) is 5.82 Å². The molecule has 174 valence electrons. The molecule has 7 nitrogen and oxygen atoms in total. The van der Waals surface area contributed by atoms with Crippen LogP contribution < -0.4 is 10.2 Å². The van der Waals surface area contributed by atoms with Gasteiger partial charge in [0, 0.05) is 42.3 Å². The first-order valence-corrected chi connectivity index (χ1v) is 11.1. The van der Waals surface area contributed by atoms with Gasteiger partial charge in [0.15, 0.2) is 0 Å². The van der Waals surface area contributed by atoms with Crippen LogP contribution in [0.1, 0.15) is 28.8 Å². The quantitative estimate of drug-likeness (QED) is 0.429. The summed E-state index contributed by atoms with van der Waals surface area (Å²) in [5.41, 5.74) is 3.84. The second-order valence-electron chi connectivity index (χ2n) is 8.14. The van der Waals surface area contributed by atoms with Crippen molar-refractivity contribution in [2.75, 3.05) is 4.90 Å². The molecule has 0 aliphatic carbocycles. The van der Waals surface area contributed by atoms with Crippen LogP contribution >= 0.6 is 0 Å². The van der Waals surface area contributed by atoms with Crippen LogP contribution in [0.4, 0.5) is 10.1 Å². The second kappa shape index (κ2) is 9.34. The van der Waals surface area contributed by atoms with Gasteiger partial charge in [0.1, 0.15) is 5.82 Å². The molecule has 3 aromatic carbocycles. The van der Waals surface area contributed by atoms with Crippen LogP contribution in [0.25, 0.3) is 16.9 Å². The third-order valence-corrected chi connectivity index (χ3v) is 5.81. The van der Waals surface area contributed by atoms with E-state index in [0.29, 0.717) is 16.9 Å². The minimum Gasteiger partial charge on any atom is -0.348 e. The molecule has 8 heteroatoms. The number of imide groups is 1. The Bertz CT molecular complexity index is 1380. The highest BCUT2D eigenvalue weighted by Crippen LogP contribution is 2.25. The highest BCUT2D eigenvalue weighted by molar-refractivity contribution is 6.19. The number of halogens is 1. The van der Waals surface area contributed by atoms with Gasteiger partial charge < -0.3 is 5.32 Å². The second-order valence-corrected chi connectivity index (χ2v) is 8.14. The monoisotopic (exact) mass is 468 g/mol. The summed E-state index contributed by atoms with van der Waals surface area (Å²) in [7, 11) is 0. The van der Waals surface area contributed by atoms with Crippen LogP contribution in [-0.4, -0.2) is 27.5 Å². The van der Waals surface area contributed by atoms with Gasteiger partial charge in [-0.1, -0.05) is 18.2 Å². The lowest BCUT2D eigenvalue weighted by molar-refractivity contribution is -0.121. The number of hydrogen-bond donors (Lipinski definition) is 1. The van der Waals surface area contributed by atoms with Crippen LogP contribution in [0.3, 0.4) is 0 Å². The van der Waals surface area contributed by atoms with Gasteiger partial charge in [-0.05, 0) is 60.7 Å². The molecule has 35 heavy (non-hydrogen) atoms. The first kappa shape index (κ1) is 22.2. The van der Waals surface area contributed by atoms with Crippen LogP contribution in [0.15, 0.2) is 85.1 Å². The zero-order chi connectivity index (χ0) is 24.4. The number of carbonyl (C=O) groups excluding carboxylic acids is 3. The van der Waals surface area contributed by atoms with E-state index in [1.807, 2.05) is 36.5 Å². The zero-order valence-corrected chi connectivity index (χ0v) is 18.6. The molecule has 0 bridgehead atoms. The third kappa shape index (κ3) is 4.59. The van der Waals surface area contributed by atoms with Crippen molar-refractivity contribution >= 4 is 23.4 Å². The zero-order valence-electron chi connectivity index (χ0n) is 18.6. The minimum absolute atomic E-state index is 0.198. The molecule has 1 aromatic heterocycles. The molecule has 4 aromatic rings. The van der Waals surface area contributed by atoms with Crippen LogP contribution in [0.2, 0.25) is 0 Å². The van der Waals surface area contributed by atoms with Gasteiger partial charge >= 0.3 is 0 Å². The first-order chi connectivity index (χ1) is 17.0. The van der Waals surface area contributed by atoms with Crippen molar-refractivity contribution < 1.29 is 18.8 Å². The van der Waals surface area contributed by atoms with E-state index in [1.165, 1.54) is 12.1 Å². The molecule has 1 aliphatic rings. The Morgan fingerprint density at radius 2 is 1.51 bits per heavy atom. The van der Waals surface area contributed by atoms with E-state index in [-0.39, 0.29) is 42.9 Å². The maximum atomic E-state index is 13.5. The smallest absolute Gasteiger partial charge is 0.251 e. The third-order valence-electron chi connectivity index (χ3n) is 5.81. The summed E-state index contributed by atoms with van der Waals surface area (Å²) < 4.78 is 15.2. The molecule has 0 saturated carbocycles.